The Labute approximate surface area is 142 Å². The molecule has 0 spiro atoms. The normalized spacial score (nSPS) is 34.6. The fraction of sp³-hybridized carbons (Fsp3) is 0.643. The number of hydrogen-bond acceptors (Lipinski definition) is 9. The van der Waals surface area contributed by atoms with Gasteiger partial charge in [-0.05, 0) is 0 Å². The fourth-order valence-corrected chi connectivity index (χ4v) is 2.99. The molecule has 1 aromatic rings. The molecule has 1 saturated heterocycles. The van der Waals surface area contributed by atoms with Crippen molar-refractivity contribution in [3.05, 3.63) is 12.0 Å². The number of Topliss-reactive ketones (excluding diaryl/α,β-unsaturated/α-hetero) is 1. The van der Waals surface area contributed by atoms with E-state index in [-0.39, 0.29) is 11.5 Å². The maximum absolute atomic E-state index is 12.4. The van der Waals surface area contributed by atoms with Crippen LogP contribution in [0.3, 0.4) is 0 Å². The first kappa shape index (κ1) is 17.8. The highest BCUT2D eigenvalue weighted by Crippen LogP contribution is 2.34. The second-order valence-corrected chi connectivity index (χ2v) is 6.48. The topological polar surface area (TPSA) is 172 Å². The number of imidazole rings is 1. The number of hydrogen-bond donors (Lipinski definition) is 6. The Morgan fingerprint density at radius 2 is 2.12 bits per heavy atom. The Kier molecular flexibility index (Phi) is 4.29. The molecule has 2 aliphatic heterocycles. The van der Waals surface area contributed by atoms with Crippen molar-refractivity contribution in [1.29, 1.82) is 0 Å². The van der Waals surface area contributed by atoms with Gasteiger partial charge < -0.3 is 30.7 Å². The maximum Gasteiger partial charge on any atom is 0.276 e. The molecule has 3 rings (SSSR count). The molecule has 0 radical (unpaired) electrons. The van der Waals surface area contributed by atoms with E-state index in [1.807, 2.05) is 0 Å². The largest absolute Gasteiger partial charge is 0.394 e. The van der Waals surface area contributed by atoms with Crippen LogP contribution in [0.1, 0.15) is 30.6 Å². The molecule has 1 aromatic heterocycles. The number of ether oxygens (including phenoxy) is 1. The third-order valence-electron chi connectivity index (χ3n) is 4.34. The van der Waals surface area contributed by atoms with Crippen molar-refractivity contribution in [2.45, 2.75) is 44.2 Å². The van der Waals surface area contributed by atoms with E-state index in [0.29, 0.717) is 0 Å². The van der Waals surface area contributed by atoms with Crippen LogP contribution in [0.2, 0.25) is 0 Å². The number of nitrogens with one attached hydrogen (secondary N) is 2. The second kappa shape index (κ2) is 6.04. The zero-order valence-corrected chi connectivity index (χ0v) is 13.7. The van der Waals surface area contributed by atoms with Crippen LogP contribution in [0.5, 0.6) is 0 Å². The number of aromatic nitrogens is 2. The molecule has 3 heterocycles. The van der Waals surface area contributed by atoms with E-state index in [9.17, 15) is 24.9 Å². The first-order chi connectivity index (χ1) is 11.7. The molecule has 11 nitrogen and oxygen atoms in total. The van der Waals surface area contributed by atoms with Gasteiger partial charge in [0.15, 0.2) is 17.7 Å². The lowest BCUT2D eigenvalue weighted by Crippen LogP contribution is -2.70. The van der Waals surface area contributed by atoms with Crippen LogP contribution in [0.25, 0.3) is 0 Å². The predicted molar refractivity (Wildman–Crippen MR) is 83.1 cm³/mol. The maximum atomic E-state index is 12.4. The van der Waals surface area contributed by atoms with Crippen molar-refractivity contribution in [3.63, 3.8) is 0 Å². The van der Waals surface area contributed by atoms with Crippen LogP contribution in [-0.4, -0.2) is 67.3 Å². The molecule has 138 valence electrons. The van der Waals surface area contributed by atoms with Gasteiger partial charge in [0.1, 0.15) is 24.1 Å². The molecule has 11 heteroatoms. The molecule has 0 saturated carbocycles. The van der Waals surface area contributed by atoms with Crippen molar-refractivity contribution >= 4 is 17.5 Å². The van der Waals surface area contributed by atoms with Crippen LogP contribution in [0, 0.1) is 5.92 Å². The molecule has 1 amide bonds. The first-order valence-electron chi connectivity index (χ1n) is 7.82. The van der Waals surface area contributed by atoms with E-state index in [0.717, 1.165) is 0 Å². The van der Waals surface area contributed by atoms with Crippen molar-refractivity contribution < 1.29 is 29.6 Å². The van der Waals surface area contributed by atoms with Crippen LogP contribution < -0.4 is 16.4 Å². The summed E-state index contributed by atoms with van der Waals surface area (Å²) in [6, 6.07) is 0. The van der Waals surface area contributed by atoms with Gasteiger partial charge in [-0.2, -0.15) is 0 Å². The minimum absolute atomic E-state index is 0.0321. The van der Waals surface area contributed by atoms with Gasteiger partial charge in [0, 0.05) is 5.92 Å². The molecule has 1 fully saturated rings. The van der Waals surface area contributed by atoms with E-state index >= 15 is 0 Å². The number of ketones is 1. The molecule has 0 bridgehead atoms. The number of nitrogens with zero attached hydrogens (tertiary/aromatic N) is 2. The molecular weight excluding hydrogens is 334 g/mol. The average molecular weight is 355 g/mol. The third-order valence-corrected chi connectivity index (χ3v) is 4.34. The van der Waals surface area contributed by atoms with E-state index in [2.05, 4.69) is 15.6 Å². The summed E-state index contributed by atoms with van der Waals surface area (Å²) in [6.07, 6.45) is -3.56. The van der Waals surface area contributed by atoms with Crippen molar-refractivity contribution in [2.75, 3.05) is 11.9 Å². The van der Waals surface area contributed by atoms with Gasteiger partial charge in [-0.15, -0.1) is 0 Å². The summed E-state index contributed by atoms with van der Waals surface area (Å²) in [5.41, 5.74) is 5.99. The monoisotopic (exact) mass is 355 g/mol. The first-order valence-corrected chi connectivity index (χ1v) is 7.82. The van der Waals surface area contributed by atoms with Crippen LogP contribution >= 0.6 is 0 Å². The highest BCUT2D eigenvalue weighted by Gasteiger charge is 2.48. The Hall–Kier alpha value is -2.05. The highest BCUT2D eigenvalue weighted by atomic mass is 16.6. The zero-order chi connectivity index (χ0) is 18.5. The van der Waals surface area contributed by atoms with Crippen molar-refractivity contribution in [1.82, 2.24) is 14.9 Å². The van der Waals surface area contributed by atoms with E-state index in [1.165, 1.54) is 10.9 Å². The van der Waals surface area contributed by atoms with Crippen LogP contribution in [0.4, 0.5) is 5.82 Å². The van der Waals surface area contributed by atoms with Crippen LogP contribution in [-0.2, 0) is 9.53 Å². The van der Waals surface area contributed by atoms with Gasteiger partial charge in [0.2, 0.25) is 5.79 Å². The summed E-state index contributed by atoms with van der Waals surface area (Å²) < 4.78 is 6.70. The standard InChI is InChI=1S/C14H21N5O6/c1-5(2)10(23)14(15)17-11-7(12(24)18-14)16-4-19(11)13-9(22)8(21)6(3-20)25-13/h4-6,8-9,13,17,20-22H,3,15H2,1-2H3,(H,18,24)/t6-,8-,9-,13-,14-/m1/s1. The Bertz CT molecular complexity index is 706. The number of amides is 1. The number of carbonyl (C=O) groups is 2. The molecule has 5 atom stereocenters. The minimum atomic E-state index is -1.84. The summed E-state index contributed by atoms with van der Waals surface area (Å²) in [5, 5.41) is 34.4. The Morgan fingerprint density at radius 1 is 1.44 bits per heavy atom. The fourth-order valence-electron chi connectivity index (χ4n) is 2.99. The van der Waals surface area contributed by atoms with Gasteiger partial charge in [0.25, 0.3) is 5.91 Å². The molecule has 2 aliphatic rings. The number of fused-ring (bicyclic) bond motifs is 1. The summed E-state index contributed by atoms with van der Waals surface area (Å²) in [6.45, 7) is 2.79. The Morgan fingerprint density at radius 3 is 2.68 bits per heavy atom. The minimum Gasteiger partial charge on any atom is -0.394 e. The molecular formula is C14H21N5O6. The third kappa shape index (κ3) is 2.69. The zero-order valence-electron chi connectivity index (χ0n) is 13.7. The van der Waals surface area contributed by atoms with Gasteiger partial charge in [0.05, 0.1) is 12.9 Å². The van der Waals surface area contributed by atoms with Gasteiger partial charge >= 0.3 is 0 Å². The van der Waals surface area contributed by atoms with Gasteiger partial charge in [-0.1, -0.05) is 13.8 Å². The summed E-state index contributed by atoms with van der Waals surface area (Å²) in [5.74, 6) is -3.31. The van der Waals surface area contributed by atoms with Gasteiger partial charge in [-0.3, -0.25) is 19.9 Å². The lowest BCUT2D eigenvalue weighted by molar-refractivity contribution is -0.127. The highest BCUT2D eigenvalue weighted by molar-refractivity contribution is 6.05. The summed E-state index contributed by atoms with van der Waals surface area (Å²) in [4.78, 5) is 28.6. The van der Waals surface area contributed by atoms with E-state index < -0.39 is 54.5 Å². The summed E-state index contributed by atoms with van der Waals surface area (Å²) >= 11 is 0. The molecule has 25 heavy (non-hydrogen) atoms. The van der Waals surface area contributed by atoms with Gasteiger partial charge in [-0.25, -0.2) is 4.98 Å². The van der Waals surface area contributed by atoms with Crippen molar-refractivity contribution in [2.24, 2.45) is 11.7 Å². The summed E-state index contributed by atoms with van der Waals surface area (Å²) in [7, 11) is 0. The van der Waals surface area contributed by atoms with E-state index in [1.54, 1.807) is 13.8 Å². The lowest BCUT2D eigenvalue weighted by atomic mass is 10.0. The molecule has 7 N–H and O–H groups in total. The predicted octanol–water partition coefficient (Wildman–Crippen LogP) is -2.51. The van der Waals surface area contributed by atoms with Crippen LogP contribution in [0.15, 0.2) is 6.33 Å². The quantitative estimate of drug-likeness (QED) is 0.341. The number of aliphatic hydroxyl groups excluding tert-OH is 3. The molecule has 0 unspecified atom stereocenters. The lowest BCUT2D eigenvalue weighted by Gasteiger charge is -2.36. The number of anilines is 1. The Balaban J connectivity index is 1.98. The number of rotatable bonds is 4. The smallest absolute Gasteiger partial charge is 0.276 e. The number of carbonyl (C=O) groups excluding carboxylic acids is 2. The second-order valence-electron chi connectivity index (χ2n) is 6.48. The number of nitrogens with two attached hydrogens (primary N) is 1. The van der Waals surface area contributed by atoms with Crippen molar-refractivity contribution in [3.8, 4) is 0 Å². The SMILES string of the molecule is CC(C)C(=O)[C@]1(N)NC(=O)c2ncn([C@@H]3O[C@H](CO)[C@@H](O)[C@H]3O)c2N1. The number of aliphatic hydroxyl groups is 3. The average Bonchev–Trinajstić information content (AvgIpc) is 3.08. The molecule has 0 aliphatic carbocycles. The van der Waals surface area contributed by atoms with E-state index in [4.69, 9.17) is 10.5 Å². The molecule has 0 aromatic carbocycles.